The fourth-order valence-corrected chi connectivity index (χ4v) is 3.64. The molecule has 0 spiro atoms. The Morgan fingerprint density at radius 1 is 1.28 bits per heavy atom. The van der Waals surface area contributed by atoms with Crippen molar-refractivity contribution in [2.24, 2.45) is 0 Å². The maximum atomic E-state index is 12.1. The van der Waals surface area contributed by atoms with Crippen LogP contribution in [0, 0.1) is 0 Å². The summed E-state index contributed by atoms with van der Waals surface area (Å²) in [5.74, 6) is -0.0325. The van der Waals surface area contributed by atoms with Crippen LogP contribution < -0.4 is 5.32 Å². The van der Waals surface area contributed by atoms with Crippen molar-refractivity contribution in [2.75, 3.05) is 11.9 Å². The van der Waals surface area contributed by atoms with Gasteiger partial charge in [0.1, 0.15) is 11.1 Å². The molecule has 0 bridgehead atoms. The minimum Gasteiger partial charge on any atom is -0.371 e. The van der Waals surface area contributed by atoms with Crippen LogP contribution in [0.2, 0.25) is 0 Å². The Kier molecular flexibility index (Phi) is 5.49. The molecule has 1 atom stereocenters. The molecule has 1 aromatic carbocycles. The Balaban J connectivity index is 1.49. The molecule has 2 heterocycles. The molecule has 1 aromatic heterocycles. The highest BCUT2D eigenvalue weighted by Gasteiger charge is 2.22. The number of aryl methyl sites for hydroxylation is 1. The van der Waals surface area contributed by atoms with Crippen LogP contribution in [0.1, 0.15) is 62.3 Å². The van der Waals surface area contributed by atoms with Crippen molar-refractivity contribution in [1.82, 2.24) is 10.2 Å². The molecule has 0 radical (unpaired) electrons. The Morgan fingerprint density at radius 3 is 2.68 bits per heavy atom. The van der Waals surface area contributed by atoms with E-state index < -0.39 is 0 Å². The lowest BCUT2D eigenvalue weighted by Gasteiger charge is -2.19. The number of hydrogen-bond acceptors (Lipinski definition) is 5. The van der Waals surface area contributed by atoms with Gasteiger partial charge in [-0.3, -0.25) is 4.79 Å². The molecule has 134 valence electrons. The largest absolute Gasteiger partial charge is 0.371 e. The van der Waals surface area contributed by atoms with Crippen molar-refractivity contribution in [1.29, 1.82) is 0 Å². The first-order valence-electron chi connectivity index (χ1n) is 8.76. The summed E-state index contributed by atoms with van der Waals surface area (Å²) in [6.07, 6.45) is 3.23. The SMILES string of the molecule is CC(C)(C)c1ccc(CCC(=O)Nc2nnc(C3CCCO3)s2)cc1. The summed E-state index contributed by atoms with van der Waals surface area (Å²) in [5, 5.41) is 12.4. The third-order valence-corrected chi connectivity index (χ3v) is 5.28. The van der Waals surface area contributed by atoms with Crippen molar-refractivity contribution >= 4 is 22.4 Å². The Bertz CT molecular complexity index is 713. The third-order valence-electron chi connectivity index (χ3n) is 4.35. The maximum Gasteiger partial charge on any atom is 0.226 e. The van der Waals surface area contributed by atoms with Crippen LogP contribution in [0.5, 0.6) is 0 Å². The van der Waals surface area contributed by atoms with Crippen LogP contribution >= 0.6 is 11.3 Å². The molecule has 2 aromatic rings. The van der Waals surface area contributed by atoms with Gasteiger partial charge in [0.15, 0.2) is 0 Å². The molecule has 5 nitrogen and oxygen atoms in total. The van der Waals surface area contributed by atoms with E-state index in [-0.39, 0.29) is 17.4 Å². The van der Waals surface area contributed by atoms with Crippen molar-refractivity contribution < 1.29 is 9.53 Å². The molecule has 1 N–H and O–H groups in total. The maximum absolute atomic E-state index is 12.1. The molecule has 25 heavy (non-hydrogen) atoms. The molecule has 6 heteroatoms. The number of rotatable bonds is 5. The van der Waals surface area contributed by atoms with Gasteiger partial charge in [0.2, 0.25) is 11.0 Å². The second kappa shape index (κ2) is 7.62. The van der Waals surface area contributed by atoms with Gasteiger partial charge in [0, 0.05) is 13.0 Å². The van der Waals surface area contributed by atoms with Gasteiger partial charge in [0.25, 0.3) is 0 Å². The van der Waals surface area contributed by atoms with Gasteiger partial charge in [0.05, 0.1) is 0 Å². The number of nitrogens with zero attached hydrogens (tertiary/aromatic N) is 2. The summed E-state index contributed by atoms with van der Waals surface area (Å²) in [7, 11) is 0. The number of hydrogen-bond donors (Lipinski definition) is 1. The van der Waals surface area contributed by atoms with E-state index in [0.717, 1.165) is 24.5 Å². The van der Waals surface area contributed by atoms with Gasteiger partial charge in [-0.05, 0) is 35.8 Å². The lowest BCUT2D eigenvalue weighted by atomic mass is 9.86. The van der Waals surface area contributed by atoms with E-state index in [1.807, 2.05) is 0 Å². The summed E-state index contributed by atoms with van der Waals surface area (Å²) in [6, 6.07) is 8.50. The van der Waals surface area contributed by atoms with Gasteiger partial charge in [-0.25, -0.2) is 0 Å². The number of benzene rings is 1. The van der Waals surface area contributed by atoms with Crippen LogP contribution in [-0.2, 0) is 21.4 Å². The summed E-state index contributed by atoms with van der Waals surface area (Å²) in [5.41, 5.74) is 2.62. The van der Waals surface area contributed by atoms with Gasteiger partial charge in [-0.2, -0.15) is 0 Å². The standard InChI is InChI=1S/C19H25N3O2S/c1-19(2,3)14-9-6-13(7-10-14)8-11-16(23)20-18-22-21-17(25-18)15-5-4-12-24-15/h6-7,9-10,15H,4-5,8,11-12H2,1-3H3,(H,20,22,23). The van der Waals surface area contributed by atoms with E-state index in [1.165, 1.54) is 22.5 Å². The van der Waals surface area contributed by atoms with Crippen LogP contribution in [-0.4, -0.2) is 22.7 Å². The fraction of sp³-hybridized carbons (Fsp3) is 0.526. The molecule has 1 fully saturated rings. The summed E-state index contributed by atoms with van der Waals surface area (Å²) in [6.45, 7) is 7.37. The number of amides is 1. The highest BCUT2D eigenvalue weighted by Crippen LogP contribution is 2.31. The predicted molar refractivity (Wildman–Crippen MR) is 99.9 cm³/mol. The zero-order valence-electron chi connectivity index (χ0n) is 15.0. The highest BCUT2D eigenvalue weighted by molar-refractivity contribution is 7.15. The van der Waals surface area contributed by atoms with E-state index in [2.05, 4.69) is 60.6 Å². The van der Waals surface area contributed by atoms with Crippen LogP contribution in [0.25, 0.3) is 0 Å². The minimum atomic E-state index is -0.0325. The summed E-state index contributed by atoms with van der Waals surface area (Å²) < 4.78 is 5.59. The van der Waals surface area contributed by atoms with E-state index in [0.29, 0.717) is 18.0 Å². The Hall–Kier alpha value is -1.79. The predicted octanol–water partition coefficient (Wildman–Crippen LogP) is 4.26. The Labute approximate surface area is 152 Å². The number of carbonyl (C=O) groups excluding carboxylic acids is 1. The van der Waals surface area contributed by atoms with E-state index in [4.69, 9.17) is 4.74 Å². The molecule has 1 amide bonds. The normalized spacial score (nSPS) is 17.6. The lowest BCUT2D eigenvalue weighted by molar-refractivity contribution is -0.116. The fourth-order valence-electron chi connectivity index (χ4n) is 2.80. The summed E-state index contributed by atoms with van der Waals surface area (Å²) >= 11 is 1.41. The highest BCUT2D eigenvalue weighted by atomic mass is 32.1. The number of carbonyl (C=O) groups is 1. The molecule has 0 saturated carbocycles. The number of nitrogens with one attached hydrogen (secondary N) is 1. The second-order valence-electron chi connectivity index (χ2n) is 7.44. The van der Waals surface area contributed by atoms with Crippen molar-refractivity contribution in [3.63, 3.8) is 0 Å². The van der Waals surface area contributed by atoms with Crippen molar-refractivity contribution in [3.8, 4) is 0 Å². The van der Waals surface area contributed by atoms with E-state index in [9.17, 15) is 4.79 Å². The van der Waals surface area contributed by atoms with Gasteiger partial charge >= 0.3 is 0 Å². The zero-order chi connectivity index (χ0) is 17.9. The molecular weight excluding hydrogens is 334 g/mol. The van der Waals surface area contributed by atoms with Crippen molar-refractivity contribution in [2.45, 2.75) is 58.0 Å². The molecular formula is C19H25N3O2S. The smallest absolute Gasteiger partial charge is 0.226 e. The van der Waals surface area contributed by atoms with Crippen LogP contribution in [0.4, 0.5) is 5.13 Å². The molecule has 1 aliphatic rings. The van der Waals surface area contributed by atoms with Crippen molar-refractivity contribution in [3.05, 3.63) is 40.4 Å². The minimum absolute atomic E-state index is 0.0325. The zero-order valence-corrected chi connectivity index (χ0v) is 15.9. The quantitative estimate of drug-likeness (QED) is 0.866. The first-order chi connectivity index (χ1) is 11.9. The van der Waals surface area contributed by atoms with E-state index in [1.54, 1.807) is 0 Å². The molecule has 1 unspecified atom stereocenters. The third kappa shape index (κ3) is 4.86. The average Bonchev–Trinajstić information content (AvgIpc) is 3.23. The topological polar surface area (TPSA) is 64.1 Å². The van der Waals surface area contributed by atoms with Gasteiger partial charge in [-0.1, -0.05) is 56.4 Å². The van der Waals surface area contributed by atoms with E-state index >= 15 is 0 Å². The monoisotopic (exact) mass is 359 g/mol. The van der Waals surface area contributed by atoms with Gasteiger partial charge in [-0.15, -0.1) is 10.2 Å². The average molecular weight is 359 g/mol. The molecule has 0 aliphatic carbocycles. The first-order valence-corrected chi connectivity index (χ1v) is 9.58. The lowest BCUT2D eigenvalue weighted by Crippen LogP contribution is -2.13. The number of anilines is 1. The van der Waals surface area contributed by atoms with Crippen LogP contribution in [0.15, 0.2) is 24.3 Å². The number of aromatic nitrogens is 2. The summed E-state index contributed by atoms with van der Waals surface area (Å²) in [4.78, 5) is 12.1. The molecule has 1 aliphatic heterocycles. The van der Waals surface area contributed by atoms with Gasteiger partial charge < -0.3 is 10.1 Å². The first kappa shape index (κ1) is 18.0. The molecule has 3 rings (SSSR count). The van der Waals surface area contributed by atoms with Crippen LogP contribution in [0.3, 0.4) is 0 Å². The second-order valence-corrected chi connectivity index (χ2v) is 8.45. The Morgan fingerprint density at radius 2 is 2.04 bits per heavy atom. The molecule has 1 saturated heterocycles. The number of ether oxygens (including phenoxy) is 1.